The predicted octanol–water partition coefficient (Wildman–Crippen LogP) is 6.13. The molecule has 29 heavy (non-hydrogen) atoms. The van der Waals surface area contributed by atoms with Crippen LogP contribution in [0.25, 0.3) is 0 Å². The number of rotatable bonds is 5. The molecule has 2 aromatic carbocycles. The summed E-state index contributed by atoms with van der Waals surface area (Å²) in [7, 11) is 0. The van der Waals surface area contributed by atoms with E-state index in [1.54, 1.807) is 39.0 Å². The summed E-state index contributed by atoms with van der Waals surface area (Å²) in [6.07, 6.45) is 2.56. The van der Waals surface area contributed by atoms with Gasteiger partial charge >= 0.3 is 5.97 Å². The van der Waals surface area contributed by atoms with Crippen molar-refractivity contribution in [3.05, 3.63) is 58.7 Å². The van der Waals surface area contributed by atoms with Gasteiger partial charge in [0.1, 0.15) is 16.9 Å². The van der Waals surface area contributed by atoms with Crippen LogP contribution in [0, 0.1) is 0 Å². The Hall–Kier alpha value is -2.49. The van der Waals surface area contributed by atoms with Gasteiger partial charge in [-0.15, -0.1) is 0 Å². The fourth-order valence-electron chi connectivity index (χ4n) is 3.26. The van der Waals surface area contributed by atoms with Crippen molar-refractivity contribution in [1.82, 2.24) is 0 Å². The summed E-state index contributed by atoms with van der Waals surface area (Å²) in [6.45, 7) is 12.8. The minimum Gasteiger partial charge on any atom is -0.507 e. The molecule has 0 radical (unpaired) electrons. The lowest BCUT2D eigenvalue weighted by molar-refractivity contribution is 0.00668. The molecule has 1 saturated carbocycles. The molecule has 3 rings (SSSR count). The molecule has 0 aliphatic heterocycles. The van der Waals surface area contributed by atoms with Crippen LogP contribution in [0.1, 0.15) is 87.4 Å². The molecule has 0 aromatic heterocycles. The lowest BCUT2D eigenvalue weighted by atomic mass is 9.84. The summed E-state index contributed by atoms with van der Waals surface area (Å²) in [4.78, 5) is 12.2. The van der Waals surface area contributed by atoms with Crippen molar-refractivity contribution in [2.75, 3.05) is 5.32 Å². The van der Waals surface area contributed by atoms with E-state index in [0.717, 1.165) is 5.69 Å². The molecule has 1 aliphatic rings. The number of anilines is 1. The average molecular weight is 396 g/mol. The van der Waals surface area contributed by atoms with E-state index in [1.165, 1.54) is 29.5 Å². The zero-order chi connectivity index (χ0) is 21.4. The molecule has 2 aromatic rings. The second kappa shape index (κ2) is 7.74. The maximum Gasteiger partial charge on any atom is 0.342 e. The van der Waals surface area contributed by atoms with Crippen molar-refractivity contribution in [3.63, 3.8) is 0 Å². The number of esters is 1. The van der Waals surface area contributed by atoms with Gasteiger partial charge in [-0.1, -0.05) is 39.0 Å². The summed E-state index contributed by atoms with van der Waals surface area (Å²) >= 11 is 0. The van der Waals surface area contributed by atoms with E-state index >= 15 is 0 Å². The molecular formula is C25H33NO3. The van der Waals surface area contributed by atoms with Crippen molar-refractivity contribution in [2.45, 2.75) is 77.9 Å². The largest absolute Gasteiger partial charge is 0.507 e. The fourth-order valence-corrected chi connectivity index (χ4v) is 3.26. The molecule has 1 aliphatic carbocycles. The second-order valence-corrected chi connectivity index (χ2v) is 10.1. The molecule has 0 heterocycles. The Morgan fingerprint density at radius 3 is 2.31 bits per heavy atom. The van der Waals surface area contributed by atoms with Gasteiger partial charge < -0.3 is 15.2 Å². The van der Waals surface area contributed by atoms with Gasteiger partial charge in [0.05, 0.1) is 0 Å². The Labute approximate surface area is 174 Å². The Balaban J connectivity index is 1.74. The highest BCUT2D eigenvalue weighted by Crippen LogP contribution is 2.42. The third-order valence-electron chi connectivity index (χ3n) is 5.04. The molecule has 4 heteroatoms. The molecule has 4 nitrogen and oxygen atoms in total. The van der Waals surface area contributed by atoms with Gasteiger partial charge in [0.2, 0.25) is 0 Å². The lowest BCUT2D eigenvalue weighted by Crippen LogP contribution is -2.23. The number of aromatic hydroxyl groups is 1. The van der Waals surface area contributed by atoms with E-state index in [-0.39, 0.29) is 16.7 Å². The normalized spacial score (nSPS) is 14.6. The molecular weight excluding hydrogens is 362 g/mol. The van der Waals surface area contributed by atoms with Crippen LogP contribution in [0.15, 0.2) is 36.4 Å². The van der Waals surface area contributed by atoms with E-state index in [0.29, 0.717) is 12.5 Å². The van der Waals surface area contributed by atoms with Crippen LogP contribution in [-0.2, 0) is 16.7 Å². The van der Waals surface area contributed by atoms with Crippen molar-refractivity contribution >= 4 is 11.7 Å². The Morgan fingerprint density at radius 2 is 1.76 bits per heavy atom. The molecule has 0 unspecified atom stereocenters. The van der Waals surface area contributed by atoms with Crippen LogP contribution in [0.3, 0.4) is 0 Å². The number of hydrogen-bond acceptors (Lipinski definition) is 4. The Bertz CT molecular complexity index is 899. The zero-order valence-electron chi connectivity index (χ0n) is 18.4. The summed E-state index contributed by atoms with van der Waals surface area (Å²) < 4.78 is 5.34. The van der Waals surface area contributed by atoms with Crippen LogP contribution in [-0.4, -0.2) is 16.7 Å². The lowest BCUT2D eigenvalue weighted by Gasteiger charge is -2.22. The average Bonchev–Trinajstić information content (AvgIpc) is 3.42. The maximum absolute atomic E-state index is 12.2. The third kappa shape index (κ3) is 5.75. The predicted molar refractivity (Wildman–Crippen MR) is 118 cm³/mol. The van der Waals surface area contributed by atoms with Crippen LogP contribution < -0.4 is 5.32 Å². The second-order valence-electron chi connectivity index (χ2n) is 10.1. The van der Waals surface area contributed by atoms with Crippen molar-refractivity contribution in [3.8, 4) is 5.75 Å². The smallest absolute Gasteiger partial charge is 0.342 e. The molecule has 2 N–H and O–H groups in total. The third-order valence-corrected chi connectivity index (χ3v) is 5.04. The number of nitrogens with one attached hydrogen (secondary N) is 1. The molecule has 1 fully saturated rings. The first kappa shape index (κ1) is 21.2. The first-order valence-corrected chi connectivity index (χ1v) is 10.4. The van der Waals surface area contributed by atoms with Gasteiger partial charge in [0.15, 0.2) is 0 Å². The van der Waals surface area contributed by atoms with Crippen molar-refractivity contribution in [2.24, 2.45) is 0 Å². The van der Waals surface area contributed by atoms with E-state index in [4.69, 9.17) is 4.74 Å². The standard InChI is InChI=1S/C25H33NO3/c1-24(2,3)19-12-16(11-18(13-19)17-7-8-17)15-26-20-9-10-21(22(27)14-20)23(28)29-25(4,5)6/h9-14,17,26-27H,7-8,15H2,1-6H3. The highest BCUT2D eigenvalue weighted by molar-refractivity contribution is 5.93. The highest BCUT2D eigenvalue weighted by atomic mass is 16.6. The Kier molecular flexibility index (Phi) is 5.66. The summed E-state index contributed by atoms with van der Waals surface area (Å²) in [5, 5.41) is 13.7. The van der Waals surface area contributed by atoms with Gasteiger partial charge in [-0.3, -0.25) is 0 Å². The fraction of sp³-hybridized carbons (Fsp3) is 0.480. The number of carbonyl (C=O) groups excluding carboxylic acids is 1. The van der Waals surface area contributed by atoms with E-state index in [1.807, 2.05) is 0 Å². The minimum atomic E-state index is -0.599. The summed E-state index contributed by atoms with van der Waals surface area (Å²) in [5.74, 6) is 0.105. The minimum absolute atomic E-state index is 0.0774. The molecule has 0 amide bonds. The first-order chi connectivity index (χ1) is 13.4. The van der Waals surface area contributed by atoms with Crippen molar-refractivity contribution < 1.29 is 14.6 Å². The monoisotopic (exact) mass is 395 g/mol. The molecule has 156 valence electrons. The first-order valence-electron chi connectivity index (χ1n) is 10.4. The summed E-state index contributed by atoms with van der Waals surface area (Å²) in [6, 6.07) is 11.9. The topological polar surface area (TPSA) is 58.6 Å². The quantitative estimate of drug-likeness (QED) is 0.598. The molecule has 0 spiro atoms. The number of carbonyl (C=O) groups is 1. The van der Waals surface area contributed by atoms with E-state index in [9.17, 15) is 9.90 Å². The number of benzene rings is 2. The maximum atomic E-state index is 12.2. The zero-order valence-corrected chi connectivity index (χ0v) is 18.4. The van der Waals surface area contributed by atoms with Gasteiger partial charge in [0, 0.05) is 18.3 Å². The van der Waals surface area contributed by atoms with Crippen LogP contribution in [0.2, 0.25) is 0 Å². The highest BCUT2D eigenvalue weighted by Gasteiger charge is 2.26. The van der Waals surface area contributed by atoms with Crippen LogP contribution in [0.4, 0.5) is 5.69 Å². The van der Waals surface area contributed by atoms with Gasteiger partial charge in [-0.2, -0.15) is 0 Å². The number of phenols is 1. The summed E-state index contributed by atoms with van der Waals surface area (Å²) in [5.41, 5.74) is 4.46. The van der Waals surface area contributed by atoms with Gasteiger partial charge in [0.25, 0.3) is 0 Å². The molecule has 0 bridgehead atoms. The van der Waals surface area contributed by atoms with E-state index in [2.05, 4.69) is 44.3 Å². The number of ether oxygens (including phenoxy) is 1. The van der Waals surface area contributed by atoms with Gasteiger partial charge in [-0.25, -0.2) is 4.79 Å². The number of hydrogen-bond donors (Lipinski definition) is 2. The SMILES string of the molecule is CC(C)(C)OC(=O)c1ccc(NCc2cc(C3CC3)cc(C(C)(C)C)c2)cc1O. The van der Waals surface area contributed by atoms with Crippen LogP contribution in [0.5, 0.6) is 5.75 Å². The number of phenolic OH excluding ortho intramolecular Hbond substituents is 1. The molecule has 0 atom stereocenters. The van der Waals surface area contributed by atoms with Crippen molar-refractivity contribution in [1.29, 1.82) is 0 Å². The van der Waals surface area contributed by atoms with E-state index < -0.39 is 11.6 Å². The molecule has 0 saturated heterocycles. The Morgan fingerprint density at radius 1 is 1.07 bits per heavy atom. The van der Waals surface area contributed by atoms with Crippen LogP contribution >= 0.6 is 0 Å². The van der Waals surface area contributed by atoms with Gasteiger partial charge in [-0.05, 0) is 73.8 Å².